The summed E-state index contributed by atoms with van der Waals surface area (Å²) in [4.78, 5) is 120. The van der Waals surface area contributed by atoms with Gasteiger partial charge in [0.25, 0.3) is 0 Å². The highest BCUT2D eigenvalue weighted by Gasteiger charge is 2.41. The number of carbonyl (C=O) groups excluding carboxylic acids is 5. The van der Waals surface area contributed by atoms with Gasteiger partial charge in [-0.1, -0.05) is 272 Å². The number of benzene rings is 10. The molecule has 30 nitrogen and oxygen atoms in total. The van der Waals surface area contributed by atoms with Crippen molar-refractivity contribution >= 4 is 219 Å². The molecular formula is C111H122Br3N15O15S5. The van der Waals surface area contributed by atoms with Crippen molar-refractivity contribution in [2.75, 3.05) is 0 Å². The Morgan fingerprint density at radius 2 is 0.577 bits per heavy atom. The zero-order valence-electron chi connectivity index (χ0n) is 86.8. The molecule has 5 atom stereocenters. The third-order valence-electron chi connectivity index (χ3n) is 26.0. The maximum Gasteiger partial charge on any atom is 0.306 e. The van der Waals surface area contributed by atoms with Gasteiger partial charge in [0.1, 0.15) is 40.6 Å². The number of aliphatic carboxylic acids is 5. The molecule has 782 valence electrons. The number of aromatic nitrogens is 15. The van der Waals surface area contributed by atoms with Crippen molar-refractivity contribution in [2.24, 2.45) is 29.6 Å². The summed E-state index contributed by atoms with van der Waals surface area (Å²) in [7, 11) is 0. The van der Waals surface area contributed by atoms with E-state index in [2.05, 4.69) is 217 Å². The van der Waals surface area contributed by atoms with Gasteiger partial charge in [-0.25, -0.2) is 0 Å². The molecule has 1 fully saturated rings. The number of ketones is 5. The van der Waals surface area contributed by atoms with Crippen LogP contribution < -0.4 is 0 Å². The first-order chi connectivity index (χ1) is 70.2. The molecule has 1 aliphatic carbocycles. The van der Waals surface area contributed by atoms with Crippen LogP contribution in [0, 0.1) is 50.4 Å². The number of rotatable bonds is 38. The maximum absolute atomic E-state index is 12.8. The number of halogens is 3. The van der Waals surface area contributed by atoms with Gasteiger partial charge in [0.2, 0.25) is 14.2 Å². The van der Waals surface area contributed by atoms with Crippen LogP contribution in [-0.2, 0) is 54.4 Å². The van der Waals surface area contributed by atoms with Crippen LogP contribution in [0.15, 0.2) is 228 Å². The van der Waals surface area contributed by atoms with Crippen molar-refractivity contribution in [3.05, 3.63) is 236 Å². The van der Waals surface area contributed by atoms with E-state index in [0.717, 1.165) is 84.2 Å². The Balaban J connectivity index is 0.000000165. The largest absolute Gasteiger partial charge is 0.481 e. The van der Waals surface area contributed by atoms with E-state index in [1.54, 1.807) is 83.1 Å². The molecule has 0 amide bonds. The zero-order chi connectivity index (χ0) is 109. The number of fused-ring (bicyclic) bond motifs is 5. The van der Waals surface area contributed by atoms with E-state index in [4.69, 9.17) is 25.5 Å². The molecule has 1 saturated carbocycles. The van der Waals surface area contributed by atoms with Crippen LogP contribution in [0.3, 0.4) is 0 Å². The molecule has 38 heteroatoms. The zero-order valence-corrected chi connectivity index (χ0v) is 95.6. The van der Waals surface area contributed by atoms with Gasteiger partial charge in [-0.2, -0.15) is 0 Å². The first-order valence-electron chi connectivity index (χ1n) is 48.6. The number of nitrogens with zero attached hydrogens (tertiary/aromatic N) is 15. The second-order valence-electron chi connectivity index (χ2n) is 39.8. The number of hydrogen-bond acceptors (Lipinski definition) is 25. The Kier molecular flexibility index (Phi) is 38.1. The average Bonchev–Trinajstić information content (AvgIpc) is 1.69. The monoisotopic (exact) mass is 2300 g/mol. The Labute approximate surface area is 911 Å². The molecule has 0 saturated heterocycles. The lowest BCUT2D eigenvalue weighted by Gasteiger charge is -2.23. The summed E-state index contributed by atoms with van der Waals surface area (Å²) in [6, 6.07) is 63.7. The van der Waals surface area contributed by atoms with Gasteiger partial charge in [-0.05, 0) is 248 Å². The highest BCUT2D eigenvalue weighted by molar-refractivity contribution is 9.11. The molecular weight excluding hydrogens is 2180 g/mol. The molecule has 5 heterocycles. The van der Waals surface area contributed by atoms with E-state index in [0.29, 0.717) is 51.8 Å². The number of thioether (sulfide) groups is 5. The lowest BCUT2D eigenvalue weighted by Crippen LogP contribution is -2.31. The normalized spacial score (nSPS) is 13.4. The van der Waals surface area contributed by atoms with E-state index < -0.39 is 83.2 Å². The third kappa shape index (κ3) is 27.5. The summed E-state index contributed by atoms with van der Waals surface area (Å²) in [5.74, 6) is -6.67. The average molecular weight is 2310 g/mol. The van der Waals surface area contributed by atoms with Gasteiger partial charge in [0, 0.05) is 59.0 Å². The van der Waals surface area contributed by atoms with Gasteiger partial charge >= 0.3 is 29.8 Å². The van der Waals surface area contributed by atoms with E-state index in [-0.39, 0.29) is 61.0 Å². The van der Waals surface area contributed by atoms with E-state index in [1.165, 1.54) is 117 Å². The van der Waals surface area contributed by atoms with Crippen molar-refractivity contribution in [3.63, 3.8) is 0 Å². The lowest BCUT2D eigenvalue weighted by molar-refractivity contribution is -0.143. The summed E-state index contributed by atoms with van der Waals surface area (Å²) >= 11 is 17.0. The fraction of sp³-hybridized carbons (Fsp3) is 0.369. The predicted octanol–water partition coefficient (Wildman–Crippen LogP) is 25.6. The maximum atomic E-state index is 12.8. The molecule has 0 spiro atoms. The van der Waals surface area contributed by atoms with E-state index >= 15 is 0 Å². The first kappa shape index (κ1) is 116. The second-order valence-corrected chi connectivity index (χ2v) is 49.9. The fourth-order valence-electron chi connectivity index (χ4n) is 16.6. The predicted molar refractivity (Wildman–Crippen MR) is 599 cm³/mol. The number of carboxylic acids is 5. The fourth-order valence-corrected chi connectivity index (χ4v) is 23.4. The van der Waals surface area contributed by atoms with Crippen molar-refractivity contribution in [3.8, 4) is 28.4 Å². The summed E-state index contributed by atoms with van der Waals surface area (Å²) in [5.41, 5.74) is 9.78. The number of Topliss-reactive ketones (excluding diaryl/α,β-unsaturated/α-hetero) is 5. The van der Waals surface area contributed by atoms with Gasteiger partial charge in [-0.15, -0.1) is 51.0 Å². The summed E-state index contributed by atoms with van der Waals surface area (Å²) in [5, 5.41) is 102. The molecule has 15 aromatic rings. The smallest absolute Gasteiger partial charge is 0.306 e. The Hall–Kier alpha value is -11.9. The van der Waals surface area contributed by atoms with Crippen molar-refractivity contribution in [2.45, 2.75) is 258 Å². The Morgan fingerprint density at radius 3 is 0.933 bits per heavy atom. The topological polar surface area (TPSA) is 425 Å². The van der Waals surface area contributed by atoms with Crippen LogP contribution in [0.5, 0.6) is 0 Å². The van der Waals surface area contributed by atoms with Crippen molar-refractivity contribution < 1.29 is 73.5 Å². The molecule has 0 aliphatic heterocycles. The number of hydrogen-bond donors (Lipinski definition) is 5. The van der Waals surface area contributed by atoms with Gasteiger partial charge in [0.05, 0.1) is 81.8 Å². The van der Waals surface area contributed by atoms with Gasteiger partial charge in [0.15, 0.2) is 25.8 Å². The van der Waals surface area contributed by atoms with Crippen molar-refractivity contribution in [1.29, 1.82) is 0 Å². The number of aryl methyl sites for hydroxylation is 4. The summed E-state index contributed by atoms with van der Waals surface area (Å²) in [6.07, 6.45) is 3.26. The van der Waals surface area contributed by atoms with Crippen molar-refractivity contribution in [1.82, 2.24) is 73.8 Å². The van der Waals surface area contributed by atoms with Crippen LogP contribution in [-0.4, -0.2) is 182 Å². The van der Waals surface area contributed by atoms with E-state index in [9.17, 15) is 47.9 Å². The molecule has 0 bridgehead atoms. The molecule has 5 N–H and O–H groups in total. The minimum atomic E-state index is -0.976. The lowest BCUT2D eigenvalue weighted by atomic mass is 9.95. The number of carboxylic acid groups (broad SMARTS) is 5. The molecule has 5 unspecified atom stereocenters. The molecule has 149 heavy (non-hydrogen) atoms. The molecule has 1 aliphatic rings. The Bertz CT molecular complexity index is 7420. The highest BCUT2D eigenvalue weighted by Crippen LogP contribution is 2.48. The minimum Gasteiger partial charge on any atom is -0.481 e. The molecule has 16 rings (SSSR count). The highest BCUT2D eigenvalue weighted by atomic mass is 79.9. The van der Waals surface area contributed by atoms with Crippen LogP contribution in [0.1, 0.15) is 215 Å². The SMILES string of the molecule is CC(CC(=O)C(C)(C)Sc1nnc(Br)n1-c1ccc(C2CC2)c2ccccc12)C(=O)O.CC(CC(=O)C(C)(C)Sc1nnc(Br)n1-c1cccc2ccccc12)C(=O)O.CCc1ccc(-n2c(Br)nnc2SC(C)(C)C(=O)CC(C)C(=O)O)c2ccccc12.Cc1ccc(-n2c(C)nnc2SC(C)(C)C(=O)CC(C)C(=O)O)c2ccccc12.Cc1nnc(SC(C)(C)C(=O)CC(C)C(=O)O)n1-c1ccc(C(C)C)c2ccccc12. The second kappa shape index (κ2) is 49.0. The van der Waals surface area contributed by atoms with E-state index in [1.807, 2.05) is 148 Å². The molecule has 5 aromatic heterocycles. The quantitative estimate of drug-likeness (QED) is 0.0224. The Morgan fingerprint density at radius 1 is 0.309 bits per heavy atom. The minimum absolute atomic E-state index is 0.0179. The van der Waals surface area contributed by atoms with Crippen LogP contribution in [0.25, 0.3) is 82.3 Å². The molecule has 0 radical (unpaired) electrons. The third-order valence-corrected chi connectivity index (χ3v) is 33.5. The number of carbonyl (C=O) groups is 10. The summed E-state index contributed by atoms with van der Waals surface area (Å²) in [6.45, 7) is 38.0. The molecule has 10 aromatic carbocycles. The summed E-state index contributed by atoms with van der Waals surface area (Å²) < 4.78 is 7.02. The van der Waals surface area contributed by atoms with Crippen LogP contribution in [0.4, 0.5) is 0 Å². The van der Waals surface area contributed by atoms with Crippen LogP contribution in [0.2, 0.25) is 0 Å². The van der Waals surface area contributed by atoms with Gasteiger partial charge in [-0.3, -0.25) is 70.8 Å². The van der Waals surface area contributed by atoms with Gasteiger partial charge < -0.3 is 25.5 Å². The standard InChI is InChI=1S/C24H29N3O3S.C23H24BrN3O3S.C22H24BrN3O3S.C22H25N3O3S.C20H20BrN3O3S/c1-14(2)17-11-12-20(19-10-8-7-9-18(17)19)27-16(4)25-26-23(27)31-24(5,6)21(28)13-15(3)22(29)30;1-13(20(29)30)12-19(28)23(2,3)31-22-26-25-21(24)27(22)18-11-10-15(14-8-9-14)16-6-4-5-7-17(16)18;1-5-14-10-11-17(16-9-7-6-8-15(14)16)26-20(23)24-25-21(26)30-22(3,4)18(27)12-13(2)19(28)29;1-13-10-11-18(17-9-7-6-8-16(13)17)25-15(3)23-24-21(25)29-22(4,5)19(26)12-14(2)20(27)28;1-12(17(26)27)11-16(25)20(2,3)28-19-23-22-18(21)24(19)15-10-6-8-13-7-4-5-9-14(13)15/h7-12,14-15H,13H2,1-6H3,(H,29,30);4-7,10-11,13-14H,8-9,12H2,1-3H3,(H,29,30);6-11,13H,5,12H2,1-4H3,(H,28,29);6-11,14H,12H2,1-5H3,(H,27,28);4-10,12H,11H2,1-3H3,(H,26,27). The van der Waals surface area contributed by atoms with Crippen LogP contribution >= 0.6 is 107 Å². The first-order valence-corrected chi connectivity index (χ1v) is 55.1.